The SMILES string of the molecule is CCCCCCCCCCSC1=C(SCCCCCCCCCC)SC(=C2SC(C)=C(SCCCCN)S2)S1. The number of allylic oxidation sites excluding steroid dienone is 1. The van der Waals surface area contributed by atoms with Crippen molar-refractivity contribution in [1.29, 1.82) is 0 Å². The summed E-state index contributed by atoms with van der Waals surface area (Å²) >= 11 is 14.5. The molecule has 0 aromatic heterocycles. The molecule has 0 amide bonds. The quantitative estimate of drug-likeness (QED) is 0.0962. The van der Waals surface area contributed by atoms with E-state index in [0.29, 0.717) is 0 Å². The normalized spacial score (nSPS) is 16.0. The molecule has 1 nitrogen and oxygen atoms in total. The van der Waals surface area contributed by atoms with E-state index in [1.54, 1.807) is 12.7 Å². The molecule has 0 aromatic carbocycles. The first-order valence-electron chi connectivity index (χ1n) is 15.7. The van der Waals surface area contributed by atoms with Crippen LogP contribution in [0.5, 0.6) is 0 Å². The Morgan fingerprint density at radius 1 is 0.462 bits per heavy atom. The fraction of sp³-hybridized carbons (Fsp3) is 0.806. The molecular weight excluding hydrogens is 611 g/mol. The van der Waals surface area contributed by atoms with Gasteiger partial charge in [0.15, 0.2) is 0 Å². The lowest BCUT2D eigenvalue weighted by atomic mass is 10.1. The van der Waals surface area contributed by atoms with Gasteiger partial charge >= 0.3 is 0 Å². The van der Waals surface area contributed by atoms with E-state index in [0.717, 1.165) is 13.0 Å². The number of nitrogens with two attached hydrogens (primary N) is 1. The van der Waals surface area contributed by atoms with Crippen LogP contribution in [0.25, 0.3) is 0 Å². The van der Waals surface area contributed by atoms with E-state index in [9.17, 15) is 0 Å². The van der Waals surface area contributed by atoms with Gasteiger partial charge in [-0.3, -0.25) is 0 Å². The third kappa shape index (κ3) is 16.9. The number of rotatable bonds is 25. The van der Waals surface area contributed by atoms with Crippen LogP contribution < -0.4 is 5.73 Å². The second-order valence-corrected chi connectivity index (χ2v) is 19.3. The molecule has 0 saturated heterocycles. The lowest BCUT2D eigenvalue weighted by molar-refractivity contribution is 0.586. The molecule has 8 heteroatoms. The van der Waals surface area contributed by atoms with Crippen molar-refractivity contribution in [3.63, 3.8) is 0 Å². The van der Waals surface area contributed by atoms with E-state index in [2.05, 4.69) is 67.8 Å². The molecule has 0 unspecified atom stereocenters. The van der Waals surface area contributed by atoms with Crippen LogP contribution in [0.1, 0.15) is 136 Å². The first-order valence-corrected chi connectivity index (χ1v) is 21.9. The summed E-state index contributed by atoms with van der Waals surface area (Å²) in [5.41, 5.74) is 5.69. The maximum atomic E-state index is 5.69. The maximum absolute atomic E-state index is 5.69. The zero-order chi connectivity index (χ0) is 28.0. The van der Waals surface area contributed by atoms with E-state index in [-0.39, 0.29) is 0 Å². The van der Waals surface area contributed by atoms with Gasteiger partial charge < -0.3 is 5.73 Å². The Morgan fingerprint density at radius 2 is 0.821 bits per heavy atom. The van der Waals surface area contributed by atoms with Gasteiger partial charge in [0.2, 0.25) is 0 Å². The van der Waals surface area contributed by atoms with Crippen LogP contribution in [0, 0.1) is 0 Å². The largest absolute Gasteiger partial charge is 0.330 e. The molecule has 0 bridgehead atoms. The summed E-state index contributed by atoms with van der Waals surface area (Å²) in [6.07, 6.45) is 24.9. The van der Waals surface area contributed by atoms with Crippen LogP contribution in [0.4, 0.5) is 0 Å². The fourth-order valence-corrected chi connectivity index (χ4v) is 14.8. The summed E-state index contributed by atoms with van der Waals surface area (Å²) in [7, 11) is 0. The Bertz CT molecular complexity index is 711. The highest BCUT2D eigenvalue weighted by Crippen LogP contribution is 2.64. The number of unbranched alkanes of at least 4 members (excludes halogenated alkanes) is 15. The van der Waals surface area contributed by atoms with Crippen molar-refractivity contribution in [3.05, 3.63) is 26.1 Å². The molecule has 0 radical (unpaired) electrons. The molecule has 0 saturated carbocycles. The molecule has 2 N–H and O–H groups in total. The summed E-state index contributed by atoms with van der Waals surface area (Å²) in [6, 6.07) is 0. The van der Waals surface area contributed by atoms with Crippen LogP contribution in [-0.4, -0.2) is 23.8 Å². The molecule has 0 fully saturated rings. The van der Waals surface area contributed by atoms with Gasteiger partial charge in [-0.2, -0.15) is 0 Å². The lowest BCUT2D eigenvalue weighted by Crippen LogP contribution is -1.98. The van der Waals surface area contributed by atoms with Crippen LogP contribution in [0.15, 0.2) is 26.1 Å². The standard InChI is InChI=1S/C31H55NS7/c1-4-6-8-10-12-14-16-19-23-34-28-29(35-24-20-17-15-13-11-9-7-5-2)39-31(38-28)30-36-26(3)27(37-30)33-25-21-18-22-32/h4-25,32H2,1-3H3. The Morgan fingerprint density at radius 3 is 1.28 bits per heavy atom. The molecular formula is C31H55NS7. The summed E-state index contributed by atoms with van der Waals surface area (Å²) < 4.78 is 7.78. The van der Waals surface area contributed by atoms with Gasteiger partial charge in [0.1, 0.15) is 0 Å². The minimum atomic E-state index is 0.813. The van der Waals surface area contributed by atoms with Crippen molar-refractivity contribution in [3.8, 4) is 0 Å². The van der Waals surface area contributed by atoms with Gasteiger partial charge in [-0.25, -0.2) is 0 Å². The monoisotopic (exact) mass is 665 g/mol. The van der Waals surface area contributed by atoms with Crippen LogP contribution in [0.2, 0.25) is 0 Å². The van der Waals surface area contributed by atoms with Crippen molar-refractivity contribution in [2.75, 3.05) is 23.8 Å². The average Bonchev–Trinajstić information content (AvgIpc) is 3.52. The average molecular weight is 666 g/mol. The predicted octanol–water partition coefficient (Wildman–Crippen LogP) is 13.6. The fourth-order valence-electron chi connectivity index (χ4n) is 4.32. The molecule has 0 aliphatic carbocycles. The van der Waals surface area contributed by atoms with Crippen molar-refractivity contribution in [1.82, 2.24) is 0 Å². The second-order valence-electron chi connectivity index (χ2n) is 10.4. The Hall–Kier alpha value is 1.63. The molecule has 39 heavy (non-hydrogen) atoms. The Kier molecular flexibility index (Phi) is 23.6. The summed E-state index contributed by atoms with van der Waals surface area (Å²) in [6.45, 7) is 7.73. The minimum absolute atomic E-state index is 0.813. The van der Waals surface area contributed by atoms with Gasteiger partial charge in [-0.05, 0) is 56.4 Å². The number of hydrogen-bond donors (Lipinski definition) is 1. The highest BCUT2D eigenvalue weighted by atomic mass is 32.3. The van der Waals surface area contributed by atoms with Gasteiger partial charge in [-0.1, -0.05) is 151 Å². The molecule has 226 valence electrons. The van der Waals surface area contributed by atoms with Gasteiger partial charge in [-0.15, -0.1) is 35.3 Å². The first-order chi connectivity index (χ1) is 19.2. The molecule has 2 heterocycles. The highest BCUT2D eigenvalue weighted by Gasteiger charge is 2.29. The third-order valence-electron chi connectivity index (χ3n) is 6.72. The van der Waals surface area contributed by atoms with Crippen molar-refractivity contribution in [2.24, 2.45) is 5.73 Å². The number of hydrogen-bond acceptors (Lipinski definition) is 8. The molecule has 0 atom stereocenters. The topological polar surface area (TPSA) is 26.0 Å². The first kappa shape index (κ1) is 36.8. The molecule has 0 aromatic rings. The smallest absolute Gasteiger partial charge is 0.0717 e. The summed E-state index contributed by atoms with van der Waals surface area (Å²) in [4.78, 5) is 1.50. The van der Waals surface area contributed by atoms with E-state index < -0.39 is 0 Å². The minimum Gasteiger partial charge on any atom is -0.330 e. The number of thioether (sulfide) groups is 7. The highest BCUT2D eigenvalue weighted by molar-refractivity contribution is 8.43. The molecule has 0 spiro atoms. The van der Waals surface area contributed by atoms with Crippen LogP contribution >= 0.6 is 82.3 Å². The van der Waals surface area contributed by atoms with Crippen molar-refractivity contribution >= 4 is 82.3 Å². The van der Waals surface area contributed by atoms with Gasteiger partial charge in [0.05, 0.1) is 21.2 Å². The van der Waals surface area contributed by atoms with Gasteiger partial charge in [0.25, 0.3) is 0 Å². The summed E-state index contributed by atoms with van der Waals surface area (Å²) in [5, 5.41) is 0. The second kappa shape index (κ2) is 25.0. The third-order valence-corrected chi connectivity index (χ3v) is 17.1. The Balaban J connectivity index is 1.79. The Labute approximate surface area is 272 Å². The molecule has 2 aliphatic heterocycles. The lowest BCUT2D eigenvalue weighted by Gasteiger charge is -2.06. The predicted molar refractivity (Wildman–Crippen MR) is 198 cm³/mol. The zero-order valence-electron chi connectivity index (χ0n) is 25.0. The molecule has 2 rings (SSSR count). The van der Waals surface area contributed by atoms with E-state index in [4.69, 9.17) is 5.73 Å². The zero-order valence-corrected chi connectivity index (χ0v) is 30.7. The maximum Gasteiger partial charge on any atom is 0.0717 e. The van der Waals surface area contributed by atoms with Crippen LogP contribution in [-0.2, 0) is 0 Å². The summed E-state index contributed by atoms with van der Waals surface area (Å²) in [5.74, 6) is 3.75. The van der Waals surface area contributed by atoms with Gasteiger partial charge in [0, 0.05) is 4.91 Å². The van der Waals surface area contributed by atoms with E-state index in [1.165, 1.54) is 140 Å². The van der Waals surface area contributed by atoms with Crippen LogP contribution in [0.3, 0.4) is 0 Å². The van der Waals surface area contributed by atoms with E-state index in [1.807, 2.05) is 35.3 Å². The van der Waals surface area contributed by atoms with Crippen molar-refractivity contribution in [2.45, 2.75) is 136 Å². The van der Waals surface area contributed by atoms with Crippen molar-refractivity contribution < 1.29 is 0 Å². The molecule has 2 aliphatic rings. The van der Waals surface area contributed by atoms with E-state index >= 15 is 0 Å².